The molecule has 0 saturated heterocycles. The van der Waals surface area contributed by atoms with Crippen molar-refractivity contribution < 1.29 is 14.4 Å². The van der Waals surface area contributed by atoms with Gasteiger partial charge in [-0.25, -0.2) is 0 Å². The lowest BCUT2D eigenvalue weighted by atomic mass is 10.1. The molecule has 5 N–H and O–H groups in total. The highest BCUT2D eigenvalue weighted by Gasteiger charge is 2.19. The summed E-state index contributed by atoms with van der Waals surface area (Å²) in [6, 6.07) is -1.69. The van der Waals surface area contributed by atoms with Crippen molar-refractivity contribution in [3.8, 4) is 0 Å². The monoisotopic (exact) mass is 246 g/mol. The molecular formula is C9H16N3O3S. The van der Waals surface area contributed by atoms with Crippen LogP contribution in [-0.2, 0) is 14.4 Å². The number of nitrogens with two attached hydrogens (primary N) is 2. The van der Waals surface area contributed by atoms with Crippen molar-refractivity contribution in [2.45, 2.75) is 24.9 Å². The molecule has 0 saturated carbocycles. The van der Waals surface area contributed by atoms with Gasteiger partial charge in [0.25, 0.3) is 0 Å². The Balaban J connectivity index is 4.08. The molecule has 0 aromatic heterocycles. The third kappa shape index (κ3) is 6.41. The Bertz CT molecular complexity index is 260. The summed E-state index contributed by atoms with van der Waals surface area (Å²) in [5, 5.41) is 2.40. The van der Waals surface area contributed by atoms with Gasteiger partial charge in [0.15, 0.2) is 0 Å². The minimum atomic E-state index is -1.01. The van der Waals surface area contributed by atoms with E-state index in [4.69, 9.17) is 11.5 Å². The molecule has 7 heteroatoms. The van der Waals surface area contributed by atoms with Crippen molar-refractivity contribution in [1.29, 1.82) is 0 Å². The standard InChI is InChI=1S/C9H16N3O3S/c1-16-3-2-6(5-13)12-9(15)7(10)4-8(11)14/h6-7H,2-4,10H2,1H3,(H2,11,14)(H,12,15)/t6-,7-/m0/s1. The normalized spacial score (nSPS) is 13.9. The Labute approximate surface area is 98.5 Å². The minimum Gasteiger partial charge on any atom is -0.370 e. The van der Waals surface area contributed by atoms with Crippen molar-refractivity contribution in [3.63, 3.8) is 0 Å². The summed E-state index contributed by atoms with van der Waals surface area (Å²) in [4.78, 5) is 32.4. The fourth-order valence-corrected chi connectivity index (χ4v) is 1.46. The van der Waals surface area contributed by atoms with E-state index in [2.05, 4.69) is 5.32 Å². The van der Waals surface area contributed by atoms with E-state index in [0.29, 0.717) is 6.42 Å². The average molecular weight is 246 g/mol. The first-order valence-corrected chi connectivity index (χ1v) is 6.11. The number of thioether (sulfide) groups is 1. The maximum atomic E-state index is 11.4. The summed E-state index contributed by atoms with van der Waals surface area (Å²) in [5.41, 5.74) is 10.3. The number of hydrogen-bond donors (Lipinski definition) is 3. The molecule has 0 spiro atoms. The molecular weight excluding hydrogens is 230 g/mol. The van der Waals surface area contributed by atoms with Crippen LogP contribution in [0.25, 0.3) is 0 Å². The molecule has 0 rings (SSSR count). The van der Waals surface area contributed by atoms with E-state index in [0.717, 1.165) is 5.75 Å². The second kappa shape index (κ2) is 8.12. The third-order valence-electron chi connectivity index (χ3n) is 1.83. The van der Waals surface area contributed by atoms with Crippen molar-refractivity contribution in [2.75, 3.05) is 12.0 Å². The molecule has 0 unspecified atom stereocenters. The van der Waals surface area contributed by atoms with Crippen LogP contribution in [0.15, 0.2) is 0 Å². The molecule has 0 aliphatic heterocycles. The third-order valence-corrected chi connectivity index (χ3v) is 2.47. The van der Waals surface area contributed by atoms with Gasteiger partial charge in [0.2, 0.25) is 18.1 Å². The van der Waals surface area contributed by atoms with Gasteiger partial charge in [-0.2, -0.15) is 11.8 Å². The predicted molar refractivity (Wildman–Crippen MR) is 62.4 cm³/mol. The number of hydrogen-bond acceptors (Lipinski definition) is 5. The molecule has 0 aromatic rings. The Morgan fingerprint density at radius 3 is 2.56 bits per heavy atom. The molecule has 91 valence electrons. The van der Waals surface area contributed by atoms with Crippen LogP contribution in [0.1, 0.15) is 12.8 Å². The zero-order valence-electron chi connectivity index (χ0n) is 9.06. The second-order valence-electron chi connectivity index (χ2n) is 3.24. The Kier molecular flexibility index (Phi) is 7.57. The van der Waals surface area contributed by atoms with Crippen molar-refractivity contribution >= 4 is 29.9 Å². The van der Waals surface area contributed by atoms with Crippen LogP contribution in [0.2, 0.25) is 0 Å². The topological polar surface area (TPSA) is 115 Å². The van der Waals surface area contributed by atoms with Gasteiger partial charge < -0.3 is 16.8 Å². The Hall–Kier alpha value is -1.08. The quantitative estimate of drug-likeness (QED) is 0.484. The smallest absolute Gasteiger partial charge is 0.238 e. The van der Waals surface area contributed by atoms with Crippen LogP contribution < -0.4 is 16.8 Å². The molecule has 6 nitrogen and oxygen atoms in total. The highest BCUT2D eigenvalue weighted by molar-refractivity contribution is 7.98. The number of carbonyl (C=O) groups excluding carboxylic acids is 3. The van der Waals surface area contributed by atoms with Gasteiger partial charge in [-0.3, -0.25) is 14.4 Å². The molecule has 0 fully saturated rings. The first-order chi connectivity index (χ1) is 7.51. The molecule has 0 bridgehead atoms. The first kappa shape index (κ1) is 14.9. The molecule has 1 radical (unpaired) electrons. The molecule has 0 heterocycles. The summed E-state index contributed by atoms with van der Waals surface area (Å²) < 4.78 is 0. The van der Waals surface area contributed by atoms with E-state index in [1.807, 2.05) is 6.26 Å². The van der Waals surface area contributed by atoms with Crippen LogP contribution in [0.3, 0.4) is 0 Å². The maximum Gasteiger partial charge on any atom is 0.238 e. The minimum absolute atomic E-state index is 0.236. The lowest BCUT2D eigenvalue weighted by Crippen LogP contribution is -2.47. The van der Waals surface area contributed by atoms with Gasteiger partial charge in [0, 0.05) is 0 Å². The number of primary amides is 1. The van der Waals surface area contributed by atoms with Crippen LogP contribution in [-0.4, -0.2) is 42.2 Å². The number of amides is 2. The highest BCUT2D eigenvalue weighted by Crippen LogP contribution is 1.99. The first-order valence-electron chi connectivity index (χ1n) is 4.72. The van der Waals surface area contributed by atoms with E-state index >= 15 is 0 Å². The SMILES string of the molecule is CSCC[C@@H]([C]=O)NC(=O)[C@@H](N)CC(N)=O. The van der Waals surface area contributed by atoms with E-state index in [-0.39, 0.29) is 6.42 Å². The average Bonchev–Trinajstić information content (AvgIpc) is 2.22. The summed E-state index contributed by atoms with van der Waals surface area (Å²) in [7, 11) is 0. The van der Waals surface area contributed by atoms with Crippen LogP contribution >= 0.6 is 11.8 Å². The number of carbonyl (C=O) groups is 2. The molecule has 0 aliphatic carbocycles. The van der Waals surface area contributed by atoms with Gasteiger partial charge in [-0.15, -0.1) is 0 Å². The van der Waals surface area contributed by atoms with Crippen LogP contribution in [0.4, 0.5) is 0 Å². The summed E-state index contributed by atoms with van der Waals surface area (Å²) in [6.07, 6.45) is 3.85. The maximum absolute atomic E-state index is 11.4. The van der Waals surface area contributed by atoms with Gasteiger partial charge in [0.1, 0.15) is 0 Å². The highest BCUT2D eigenvalue weighted by atomic mass is 32.2. The lowest BCUT2D eigenvalue weighted by molar-refractivity contribution is -0.126. The van der Waals surface area contributed by atoms with Crippen molar-refractivity contribution in [1.82, 2.24) is 5.32 Å². The molecule has 2 amide bonds. The molecule has 0 aromatic carbocycles. The molecule has 16 heavy (non-hydrogen) atoms. The van der Waals surface area contributed by atoms with Crippen molar-refractivity contribution in [3.05, 3.63) is 0 Å². The van der Waals surface area contributed by atoms with Crippen LogP contribution in [0.5, 0.6) is 0 Å². The second-order valence-corrected chi connectivity index (χ2v) is 4.22. The predicted octanol–water partition coefficient (Wildman–Crippen LogP) is -1.46. The fraction of sp³-hybridized carbons (Fsp3) is 0.667. The van der Waals surface area contributed by atoms with Crippen molar-refractivity contribution in [2.24, 2.45) is 11.5 Å². The van der Waals surface area contributed by atoms with Crippen LogP contribution in [0, 0.1) is 0 Å². The summed E-state index contributed by atoms with van der Waals surface area (Å²) in [6.45, 7) is 0. The van der Waals surface area contributed by atoms with E-state index in [1.54, 1.807) is 18.0 Å². The fourth-order valence-electron chi connectivity index (χ4n) is 0.984. The van der Waals surface area contributed by atoms with Gasteiger partial charge in [-0.05, 0) is 18.4 Å². The van der Waals surface area contributed by atoms with E-state index in [9.17, 15) is 14.4 Å². The molecule has 0 aliphatic rings. The Morgan fingerprint density at radius 2 is 2.12 bits per heavy atom. The summed E-state index contributed by atoms with van der Waals surface area (Å²) >= 11 is 1.56. The van der Waals surface area contributed by atoms with E-state index in [1.165, 1.54) is 0 Å². The van der Waals surface area contributed by atoms with Gasteiger partial charge >= 0.3 is 0 Å². The zero-order valence-corrected chi connectivity index (χ0v) is 9.88. The number of nitrogens with one attached hydrogen (secondary N) is 1. The lowest BCUT2D eigenvalue weighted by Gasteiger charge is -2.14. The summed E-state index contributed by atoms with van der Waals surface area (Å²) in [5.74, 6) is -0.489. The number of rotatable bonds is 8. The van der Waals surface area contributed by atoms with Gasteiger partial charge in [-0.1, -0.05) is 0 Å². The van der Waals surface area contributed by atoms with E-state index < -0.39 is 23.9 Å². The Morgan fingerprint density at radius 1 is 1.50 bits per heavy atom. The van der Waals surface area contributed by atoms with Gasteiger partial charge in [0.05, 0.1) is 18.5 Å². The molecule has 2 atom stereocenters. The zero-order chi connectivity index (χ0) is 12.6. The largest absolute Gasteiger partial charge is 0.370 e.